The van der Waals surface area contributed by atoms with Crippen LogP contribution >= 0.6 is 23.2 Å². The number of ether oxygens (including phenoxy) is 1. The number of esters is 1. The van der Waals surface area contributed by atoms with Crippen molar-refractivity contribution < 1.29 is 9.53 Å². The second-order valence-electron chi connectivity index (χ2n) is 4.73. The van der Waals surface area contributed by atoms with Crippen molar-refractivity contribution in [3.05, 3.63) is 33.8 Å². The molecular formula is C14H17Cl2NO2. The zero-order chi connectivity index (χ0) is 13.8. The lowest BCUT2D eigenvalue weighted by atomic mass is 9.86. The van der Waals surface area contributed by atoms with Crippen LogP contribution in [0.5, 0.6) is 0 Å². The molecule has 1 aliphatic heterocycles. The van der Waals surface area contributed by atoms with Crippen LogP contribution in [0.25, 0.3) is 0 Å². The summed E-state index contributed by atoms with van der Waals surface area (Å²) in [5.74, 6) is -0.571. The van der Waals surface area contributed by atoms with E-state index in [2.05, 4.69) is 5.32 Å². The van der Waals surface area contributed by atoms with E-state index in [1.807, 2.05) is 6.07 Å². The molecule has 0 aliphatic carbocycles. The highest BCUT2D eigenvalue weighted by Crippen LogP contribution is 2.31. The molecule has 0 spiro atoms. The van der Waals surface area contributed by atoms with Crippen molar-refractivity contribution in [2.75, 3.05) is 13.7 Å². The third-order valence-electron chi connectivity index (χ3n) is 3.51. The number of piperidine rings is 1. The van der Waals surface area contributed by atoms with Gasteiger partial charge in [0.05, 0.1) is 23.1 Å². The Morgan fingerprint density at radius 2 is 2.16 bits per heavy atom. The Morgan fingerprint density at radius 3 is 2.74 bits per heavy atom. The van der Waals surface area contributed by atoms with Crippen LogP contribution in [-0.4, -0.2) is 25.7 Å². The molecule has 0 radical (unpaired) electrons. The molecule has 0 amide bonds. The maximum Gasteiger partial charge on any atom is 0.314 e. The first kappa shape index (κ1) is 14.6. The van der Waals surface area contributed by atoms with Gasteiger partial charge < -0.3 is 10.1 Å². The molecule has 0 saturated carbocycles. The van der Waals surface area contributed by atoms with Crippen molar-refractivity contribution in [2.24, 2.45) is 0 Å². The fraction of sp³-hybridized carbons (Fsp3) is 0.500. The molecule has 1 aromatic carbocycles. The molecule has 0 bridgehead atoms. The average molecular weight is 302 g/mol. The normalized spacial score (nSPS) is 20.9. The minimum absolute atomic E-state index is 0.0958. The maximum absolute atomic E-state index is 12.1. The van der Waals surface area contributed by atoms with Crippen LogP contribution in [0.4, 0.5) is 0 Å². The fourth-order valence-electron chi connectivity index (χ4n) is 2.53. The Hall–Kier alpha value is -0.770. The number of methoxy groups -OCH3 is 1. The van der Waals surface area contributed by atoms with E-state index in [1.54, 1.807) is 12.1 Å². The van der Waals surface area contributed by atoms with Gasteiger partial charge in [-0.25, -0.2) is 0 Å². The number of carbonyl (C=O) groups excluding carboxylic acids is 1. The molecule has 0 unspecified atom stereocenters. The number of rotatable bonds is 3. The van der Waals surface area contributed by atoms with Crippen LogP contribution in [-0.2, 0) is 9.53 Å². The zero-order valence-corrected chi connectivity index (χ0v) is 12.3. The van der Waals surface area contributed by atoms with Crippen LogP contribution < -0.4 is 5.32 Å². The molecule has 1 N–H and O–H groups in total. The molecule has 1 fully saturated rings. The van der Waals surface area contributed by atoms with Crippen molar-refractivity contribution >= 4 is 29.2 Å². The number of hydrogen-bond donors (Lipinski definition) is 1. The highest BCUT2D eigenvalue weighted by molar-refractivity contribution is 6.42. The molecular weight excluding hydrogens is 285 g/mol. The molecule has 1 saturated heterocycles. The molecule has 2 atom stereocenters. The highest BCUT2D eigenvalue weighted by Gasteiger charge is 2.31. The van der Waals surface area contributed by atoms with Crippen LogP contribution in [0.3, 0.4) is 0 Å². The Kier molecular flexibility index (Phi) is 5.08. The van der Waals surface area contributed by atoms with E-state index in [1.165, 1.54) is 7.11 Å². The highest BCUT2D eigenvalue weighted by atomic mass is 35.5. The Balaban J connectivity index is 2.30. The predicted molar refractivity (Wildman–Crippen MR) is 76.9 cm³/mol. The van der Waals surface area contributed by atoms with Gasteiger partial charge >= 0.3 is 5.97 Å². The molecule has 0 aromatic heterocycles. The van der Waals surface area contributed by atoms with Crippen molar-refractivity contribution in [3.8, 4) is 0 Å². The molecule has 3 nitrogen and oxygen atoms in total. The van der Waals surface area contributed by atoms with Crippen LogP contribution in [0.15, 0.2) is 18.2 Å². The number of hydrogen-bond acceptors (Lipinski definition) is 3. The smallest absolute Gasteiger partial charge is 0.314 e. The van der Waals surface area contributed by atoms with Gasteiger partial charge in [-0.05, 0) is 37.1 Å². The van der Waals surface area contributed by atoms with E-state index in [9.17, 15) is 4.79 Å². The van der Waals surface area contributed by atoms with E-state index in [0.29, 0.717) is 10.0 Å². The van der Waals surface area contributed by atoms with Gasteiger partial charge in [0, 0.05) is 6.04 Å². The van der Waals surface area contributed by atoms with E-state index in [4.69, 9.17) is 27.9 Å². The van der Waals surface area contributed by atoms with Gasteiger partial charge in [0.2, 0.25) is 0 Å². The quantitative estimate of drug-likeness (QED) is 0.870. The van der Waals surface area contributed by atoms with Gasteiger partial charge in [-0.15, -0.1) is 0 Å². The summed E-state index contributed by atoms with van der Waals surface area (Å²) in [7, 11) is 1.41. The van der Waals surface area contributed by atoms with Gasteiger partial charge in [-0.3, -0.25) is 4.79 Å². The van der Waals surface area contributed by atoms with E-state index < -0.39 is 0 Å². The van der Waals surface area contributed by atoms with Crippen LogP contribution in [0, 0.1) is 0 Å². The summed E-state index contributed by atoms with van der Waals surface area (Å²) in [6.07, 6.45) is 3.22. The van der Waals surface area contributed by atoms with E-state index >= 15 is 0 Å². The van der Waals surface area contributed by atoms with Gasteiger partial charge in [0.15, 0.2) is 0 Å². The molecule has 5 heteroatoms. The molecule has 19 heavy (non-hydrogen) atoms. The Bertz CT molecular complexity index is 459. The van der Waals surface area contributed by atoms with Crippen molar-refractivity contribution in [1.82, 2.24) is 5.32 Å². The summed E-state index contributed by atoms with van der Waals surface area (Å²) in [6, 6.07) is 5.41. The monoisotopic (exact) mass is 301 g/mol. The third-order valence-corrected chi connectivity index (χ3v) is 4.25. The number of benzene rings is 1. The van der Waals surface area contributed by atoms with Crippen LogP contribution in [0.2, 0.25) is 10.0 Å². The van der Waals surface area contributed by atoms with Gasteiger partial charge in [0.25, 0.3) is 0 Å². The summed E-state index contributed by atoms with van der Waals surface area (Å²) in [4.78, 5) is 12.1. The first-order valence-corrected chi connectivity index (χ1v) is 7.15. The fourth-order valence-corrected chi connectivity index (χ4v) is 2.84. The Labute approximate surface area is 123 Å². The largest absolute Gasteiger partial charge is 0.469 e. The summed E-state index contributed by atoms with van der Waals surface area (Å²) in [5, 5.41) is 4.34. The van der Waals surface area contributed by atoms with Crippen LogP contribution in [0.1, 0.15) is 30.7 Å². The standard InChI is InChI=1S/C14H17Cl2NO2/c1-19-14(18)13(12-4-2-3-7-17-12)9-5-6-10(15)11(16)8-9/h5-6,8,12-13,17H,2-4,7H2,1H3/t12-,13-/m1/s1. The SMILES string of the molecule is COC(=O)[C@H](c1ccc(Cl)c(Cl)c1)[C@H]1CCCCN1. The van der Waals surface area contributed by atoms with Gasteiger partial charge in [-0.1, -0.05) is 35.7 Å². The number of nitrogens with one attached hydrogen (secondary N) is 1. The van der Waals surface area contributed by atoms with Gasteiger partial charge in [0.1, 0.15) is 0 Å². The summed E-state index contributed by atoms with van der Waals surface area (Å²) >= 11 is 12.0. The lowest BCUT2D eigenvalue weighted by molar-refractivity contribution is -0.143. The predicted octanol–water partition coefficient (Wildman–Crippen LogP) is 3.39. The molecule has 1 aromatic rings. The second-order valence-corrected chi connectivity index (χ2v) is 5.55. The lowest BCUT2D eigenvalue weighted by Crippen LogP contribution is -2.42. The zero-order valence-electron chi connectivity index (χ0n) is 10.8. The molecule has 104 valence electrons. The number of carbonyl (C=O) groups is 1. The maximum atomic E-state index is 12.1. The minimum atomic E-state index is -0.333. The molecule has 1 heterocycles. The third kappa shape index (κ3) is 3.41. The molecule has 1 aliphatic rings. The van der Waals surface area contributed by atoms with Crippen molar-refractivity contribution in [2.45, 2.75) is 31.2 Å². The van der Waals surface area contributed by atoms with Crippen molar-refractivity contribution in [1.29, 1.82) is 0 Å². The minimum Gasteiger partial charge on any atom is -0.469 e. The lowest BCUT2D eigenvalue weighted by Gasteiger charge is -2.30. The molecule has 2 rings (SSSR count). The summed E-state index contributed by atoms with van der Waals surface area (Å²) in [5.41, 5.74) is 0.848. The van der Waals surface area contributed by atoms with E-state index in [-0.39, 0.29) is 17.9 Å². The van der Waals surface area contributed by atoms with Gasteiger partial charge in [-0.2, -0.15) is 0 Å². The average Bonchev–Trinajstić information content (AvgIpc) is 2.44. The van der Waals surface area contributed by atoms with Crippen molar-refractivity contribution in [3.63, 3.8) is 0 Å². The second kappa shape index (κ2) is 6.60. The topological polar surface area (TPSA) is 38.3 Å². The number of halogens is 2. The Morgan fingerprint density at radius 1 is 1.37 bits per heavy atom. The van der Waals surface area contributed by atoms with E-state index in [0.717, 1.165) is 31.4 Å². The first-order valence-electron chi connectivity index (χ1n) is 6.39. The summed E-state index contributed by atoms with van der Waals surface area (Å²) < 4.78 is 4.94. The summed E-state index contributed by atoms with van der Waals surface area (Å²) in [6.45, 7) is 0.930. The first-order chi connectivity index (χ1) is 9.13.